The molecule has 2 amide bonds. The number of piperidine rings is 1. The van der Waals surface area contributed by atoms with E-state index in [4.69, 9.17) is 9.47 Å². The van der Waals surface area contributed by atoms with E-state index >= 15 is 0 Å². The van der Waals surface area contributed by atoms with Crippen molar-refractivity contribution in [2.24, 2.45) is 0 Å². The van der Waals surface area contributed by atoms with Crippen LogP contribution in [0.1, 0.15) is 25.3 Å². The molecule has 1 fully saturated rings. The number of nitrogens with zero attached hydrogens (tertiary/aromatic N) is 1. The molecule has 0 spiro atoms. The predicted octanol–water partition coefficient (Wildman–Crippen LogP) is 4.02. The lowest BCUT2D eigenvalue weighted by atomic mass is 10.0. The molecule has 29 heavy (non-hydrogen) atoms. The molecule has 2 N–H and O–H groups in total. The van der Waals surface area contributed by atoms with Gasteiger partial charge in [-0.15, -0.1) is 0 Å². The third-order valence-electron chi connectivity index (χ3n) is 4.97. The highest BCUT2D eigenvalue weighted by molar-refractivity contribution is 5.89. The molecular formula is C22H28FN3O3. The van der Waals surface area contributed by atoms with Gasteiger partial charge < -0.3 is 20.1 Å². The maximum atomic E-state index is 13.8. The van der Waals surface area contributed by atoms with E-state index in [0.29, 0.717) is 13.2 Å². The normalized spacial score (nSPS) is 15.0. The van der Waals surface area contributed by atoms with Gasteiger partial charge in [0.15, 0.2) is 11.6 Å². The van der Waals surface area contributed by atoms with Crippen LogP contribution in [0.5, 0.6) is 11.5 Å². The molecule has 0 saturated carbocycles. The Bertz CT molecular complexity index is 805. The highest BCUT2D eigenvalue weighted by atomic mass is 19.1. The molecule has 0 bridgehead atoms. The first-order valence-electron chi connectivity index (χ1n) is 9.92. The van der Waals surface area contributed by atoms with Crippen LogP contribution in [0.25, 0.3) is 0 Å². The Morgan fingerprint density at radius 3 is 2.52 bits per heavy atom. The number of amides is 2. The van der Waals surface area contributed by atoms with Crippen LogP contribution in [0.2, 0.25) is 0 Å². The molecule has 0 atom stereocenters. The first-order valence-corrected chi connectivity index (χ1v) is 9.92. The Labute approximate surface area is 171 Å². The maximum absolute atomic E-state index is 13.8. The van der Waals surface area contributed by atoms with E-state index in [1.807, 2.05) is 37.3 Å². The van der Waals surface area contributed by atoms with E-state index in [1.165, 1.54) is 13.2 Å². The fourth-order valence-corrected chi connectivity index (χ4v) is 3.46. The topological polar surface area (TPSA) is 62.8 Å². The first kappa shape index (κ1) is 20.9. The first-order chi connectivity index (χ1) is 14.1. The number of hydrogen-bond acceptors (Lipinski definition) is 4. The zero-order chi connectivity index (χ0) is 20.6. The van der Waals surface area contributed by atoms with Crippen molar-refractivity contribution >= 4 is 11.7 Å². The van der Waals surface area contributed by atoms with Crippen molar-refractivity contribution in [1.82, 2.24) is 10.2 Å². The quantitative estimate of drug-likeness (QED) is 0.736. The molecule has 0 radical (unpaired) electrons. The van der Waals surface area contributed by atoms with Gasteiger partial charge in [-0.1, -0.05) is 6.07 Å². The van der Waals surface area contributed by atoms with Crippen LogP contribution in [0, 0.1) is 5.82 Å². The zero-order valence-corrected chi connectivity index (χ0v) is 16.9. The summed E-state index contributed by atoms with van der Waals surface area (Å²) in [4.78, 5) is 14.5. The van der Waals surface area contributed by atoms with Gasteiger partial charge in [0.05, 0.1) is 13.7 Å². The summed E-state index contributed by atoms with van der Waals surface area (Å²) in [5, 5.41) is 5.89. The number of ether oxygens (including phenoxy) is 2. The Morgan fingerprint density at radius 2 is 1.90 bits per heavy atom. The second-order valence-corrected chi connectivity index (χ2v) is 7.08. The summed E-state index contributed by atoms with van der Waals surface area (Å²) in [6.07, 6.45) is 1.71. The number of benzene rings is 2. The van der Waals surface area contributed by atoms with Gasteiger partial charge in [0.1, 0.15) is 5.75 Å². The Morgan fingerprint density at radius 1 is 1.17 bits per heavy atom. The Balaban J connectivity index is 1.42. The second-order valence-electron chi connectivity index (χ2n) is 7.08. The number of carbonyl (C=O) groups excluding carboxylic acids is 1. The summed E-state index contributed by atoms with van der Waals surface area (Å²) in [5.41, 5.74) is 1.65. The largest absolute Gasteiger partial charge is 0.494 e. The summed E-state index contributed by atoms with van der Waals surface area (Å²) in [6.45, 7) is 4.93. The fraction of sp³-hybridized carbons (Fsp3) is 0.409. The molecule has 1 aliphatic heterocycles. The lowest BCUT2D eigenvalue weighted by Crippen LogP contribution is -2.45. The van der Waals surface area contributed by atoms with Gasteiger partial charge in [-0.3, -0.25) is 4.90 Å². The predicted molar refractivity (Wildman–Crippen MR) is 111 cm³/mol. The monoisotopic (exact) mass is 401 g/mol. The van der Waals surface area contributed by atoms with Gasteiger partial charge in [-0.05, 0) is 61.7 Å². The number of rotatable bonds is 7. The highest BCUT2D eigenvalue weighted by Gasteiger charge is 2.21. The molecule has 1 heterocycles. The Hall–Kier alpha value is -2.80. The molecule has 1 aliphatic rings. The number of urea groups is 1. The van der Waals surface area contributed by atoms with E-state index in [0.717, 1.165) is 42.9 Å². The minimum absolute atomic E-state index is 0.126. The van der Waals surface area contributed by atoms with Gasteiger partial charge in [0, 0.05) is 31.4 Å². The zero-order valence-electron chi connectivity index (χ0n) is 16.9. The van der Waals surface area contributed by atoms with E-state index < -0.39 is 0 Å². The van der Waals surface area contributed by atoms with Crippen molar-refractivity contribution in [3.63, 3.8) is 0 Å². The molecule has 2 aromatic carbocycles. The number of methoxy groups -OCH3 is 1. The van der Waals surface area contributed by atoms with Gasteiger partial charge >= 0.3 is 6.03 Å². The molecule has 1 saturated heterocycles. The molecule has 156 valence electrons. The highest BCUT2D eigenvalue weighted by Crippen LogP contribution is 2.20. The Kier molecular flexibility index (Phi) is 7.30. The second kappa shape index (κ2) is 10.1. The van der Waals surface area contributed by atoms with E-state index in [9.17, 15) is 9.18 Å². The summed E-state index contributed by atoms with van der Waals surface area (Å²) in [5.74, 6) is 0.699. The van der Waals surface area contributed by atoms with E-state index in [2.05, 4.69) is 15.5 Å². The molecule has 7 heteroatoms. The van der Waals surface area contributed by atoms with E-state index in [1.54, 1.807) is 6.07 Å². The summed E-state index contributed by atoms with van der Waals surface area (Å²) < 4.78 is 24.2. The standard InChI is InChI=1S/C22H28FN3O3/c1-3-29-19-7-5-17(6-8-19)24-22(27)25-18-10-12-26(13-11-18)15-16-4-9-21(28-2)20(23)14-16/h4-9,14,18H,3,10-13,15H2,1-2H3,(H2,24,25,27). The molecule has 0 aliphatic carbocycles. The summed E-state index contributed by atoms with van der Waals surface area (Å²) in [6, 6.07) is 12.3. The number of halogens is 1. The van der Waals surface area contributed by atoms with Crippen molar-refractivity contribution in [3.05, 3.63) is 53.8 Å². The minimum Gasteiger partial charge on any atom is -0.494 e. The molecular weight excluding hydrogens is 373 g/mol. The van der Waals surface area contributed by atoms with Gasteiger partial charge in [0.25, 0.3) is 0 Å². The van der Waals surface area contributed by atoms with Gasteiger partial charge in [-0.2, -0.15) is 0 Å². The number of likely N-dealkylation sites (tertiary alicyclic amines) is 1. The summed E-state index contributed by atoms with van der Waals surface area (Å²) >= 11 is 0. The number of anilines is 1. The third-order valence-corrected chi connectivity index (χ3v) is 4.97. The molecule has 0 aromatic heterocycles. The smallest absolute Gasteiger partial charge is 0.319 e. The third kappa shape index (κ3) is 6.09. The van der Waals surface area contributed by atoms with Crippen LogP contribution in [0.4, 0.5) is 14.9 Å². The molecule has 3 rings (SSSR count). The van der Waals surface area contributed by atoms with Gasteiger partial charge in [-0.25, -0.2) is 9.18 Å². The lowest BCUT2D eigenvalue weighted by molar-refractivity contribution is 0.189. The SMILES string of the molecule is CCOc1ccc(NC(=O)NC2CCN(Cc3ccc(OC)c(F)c3)CC2)cc1. The summed E-state index contributed by atoms with van der Waals surface area (Å²) in [7, 11) is 1.46. The van der Waals surface area contributed by atoms with Crippen LogP contribution < -0.4 is 20.1 Å². The number of carbonyl (C=O) groups is 1. The van der Waals surface area contributed by atoms with Crippen molar-refractivity contribution in [2.75, 3.05) is 32.1 Å². The lowest BCUT2D eigenvalue weighted by Gasteiger charge is -2.32. The molecule has 0 unspecified atom stereocenters. The fourth-order valence-electron chi connectivity index (χ4n) is 3.46. The van der Waals surface area contributed by atoms with Crippen LogP contribution in [-0.2, 0) is 6.54 Å². The van der Waals surface area contributed by atoms with Crippen molar-refractivity contribution in [2.45, 2.75) is 32.4 Å². The minimum atomic E-state index is -0.340. The average molecular weight is 401 g/mol. The van der Waals surface area contributed by atoms with Gasteiger partial charge in [0.2, 0.25) is 0 Å². The molecule has 6 nitrogen and oxygen atoms in total. The van der Waals surface area contributed by atoms with Crippen LogP contribution >= 0.6 is 0 Å². The number of hydrogen-bond donors (Lipinski definition) is 2. The maximum Gasteiger partial charge on any atom is 0.319 e. The molecule has 2 aromatic rings. The average Bonchev–Trinajstić information content (AvgIpc) is 2.71. The van der Waals surface area contributed by atoms with Crippen LogP contribution in [-0.4, -0.2) is 43.8 Å². The van der Waals surface area contributed by atoms with Crippen LogP contribution in [0.3, 0.4) is 0 Å². The number of nitrogens with one attached hydrogen (secondary N) is 2. The van der Waals surface area contributed by atoms with Crippen molar-refractivity contribution < 1.29 is 18.7 Å². The van der Waals surface area contributed by atoms with Crippen molar-refractivity contribution in [3.8, 4) is 11.5 Å². The van der Waals surface area contributed by atoms with E-state index in [-0.39, 0.29) is 23.6 Å². The van der Waals surface area contributed by atoms with Crippen LogP contribution in [0.15, 0.2) is 42.5 Å². The van der Waals surface area contributed by atoms with Crippen molar-refractivity contribution in [1.29, 1.82) is 0 Å².